The van der Waals surface area contributed by atoms with E-state index < -0.39 is 5.97 Å². The van der Waals surface area contributed by atoms with Gasteiger partial charge in [0.25, 0.3) is 0 Å². The summed E-state index contributed by atoms with van der Waals surface area (Å²) in [5.41, 5.74) is 0.919. The van der Waals surface area contributed by atoms with E-state index in [4.69, 9.17) is 16.7 Å². The van der Waals surface area contributed by atoms with Crippen LogP contribution in [0.3, 0.4) is 0 Å². The summed E-state index contributed by atoms with van der Waals surface area (Å²) in [5.74, 6) is -0.704. The van der Waals surface area contributed by atoms with Crippen molar-refractivity contribution in [3.63, 3.8) is 0 Å². The average molecular weight is 249 g/mol. The molecule has 0 aliphatic rings. The minimum atomic E-state index is -1.11. The van der Waals surface area contributed by atoms with E-state index in [2.05, 4.69) is 9.97 Å². The summed E-state index contributed by atoms with van der Waals surface area (Å²) in [6.45, 7) is 0. The SMILES string of the molecule is O=C(O)c1cc(Cl)nc(Cc2ccccc2)n1. The van der Waals surface area contributed by atoms with Gasteiger partial charge in [-0.05, 0) is 5.56 Å². The number of carbonyl (C=O) groups is 1. The Hall–Kier alpha value is -1.94. The number of halogens is 1. The first-order valence-corrected chi connectivity index (χ1v) is 5.33. The molecule has 0 saturated heterocycles. The van der Waals surface area contributed by atoms with Crippen LogP contribution in [0.15, 0.2) is 36.4 Å². The Morgan fingerprint density at radius 2 is 1.94 bits per heavy atom. The van der Waals surface area contributed by atoms with Gasteiger partial charge in [-0.25, -0.2) is 14.8 Å². The van der Waals surface area contributed by atoms with Crippen LogP contribution in [0.25, 0.3) is 0 Å². The molecule has 1 N–H and O–H groups in total. The predicted octanol–water partition coefficient (Wildman–Crippen LogP) is 2.42. The molecule has 0 bridgehead atoms. The number of hydrogen-bond acceptors (Lipinski definition) is 3. The third kappa shape index (κ3) is 3.01. The zero-order valence-electron chi connectivity index (χ0n) is 8.80. The highest BCUT2D eigenvalue weighted by atomic mass is 35.5. The molecule has 4 nitrogen and oxygen atoms in total. The lowest BCUT2D eigenvalue weighted by Crippen LogP contribution is -2.06. The molecule has 0 radical (unpaired) electrons. The number of nitrogens with zero attached hydrogens (tertiary/aromatic N) is 2. The fourth-order valence-electron chi connectivity index (χ4n) is 1.43. The zero-order valence-corrected chi connectivity index (χ0v) is 9.55. The molecule has 86 valence electrons. The van der Waals surface area contributed by atoms with Crippen molar-refractivity contribution in [3.8, 4) is 0 Å². The number of aromatic nitrogens is 2. The number of benzene rings is 1. The van der Waals surface area contributed by atoms with Gasteiger partial charge < -0.3 is 5.11 Å². The van der Waals surface area contributed by atoms with Gasteiger partial charge in [-0.3, -0.25) is 0 Å². The second kappa shape index (κ2) is 4.93. The molecule has 0 aliphatic heterocycles. The van der Waals surface area contributed by atoms with E-state index in [1.165, 1.54) is 6.07 Å². The molecule has 0 aliphatic carbocycles. The Kier molecular flexibility index (Phi) is 3.35. The van der Waals surface area contributed by atoms with Crippen molar-refractivity contribution in [3.05, 3.63) is 58.6 Å². The predicted molar refractivity (Wildman–Crippen MR) is 63.2 cm³/mol. The molecular weight excluding hydrogens is 240 g/mol. The minimum absolute atomic E-state index is 0.0871. The summed E-state index contributed by atoms with van der Waals surface area (Å²) in [6, 6.07) is 10.8. The third-order valence-corrected chi connectivity index (χ3v) is 2.36. The van der Waals surface area contributed by atoms with Gasteiger partial charge in [0, 0.05) is 12.5 Å². The highest BCUT2D eigenvalue weighted by Gasteiger charge is 2.09. The average Bonchev–Trinajstić information content (AvgIpc) is 2.29. The van der Waals surface area contributed by atoms with E-state index in [9.17, 15) is 4.79 Å². The second-order valence-electron chi connectivity index (χ2n) is 3.46. The molecule has 2 rings (SSSR count). The lowest BCUT2D eigenvalue weighted by Gasteiger charge is -2.02. The number of hydrogen-bond donors (Lipinski definition) is 1. The van der Waals surface area contributed by atoms with Crippen LogP contribution in [0.4, 0.5) is 0 Å². The van der Waals surface area contributed by atoms with Crippen molar-refractivity contribution in [1.29, 1.82) is 0 Å². The number of carboxylic acid groups (broad SMARTS) is 1. The summed E-state index contributed by atoms with van der Waals surface area (Å²) < 4.78 is 0. The van der Waals surface area contributed by atoms with Crippen molar-refractivity contribution < 1.29 is 9.90 Å². The standard InChI is InChI=1S/C12H9ClN2O2/c13-10-7-9(12(16)17)14-11(15-10)6-8-4-2-1-3-5-8/h1-5,7H,6H2,(H,16,17). The topological polar surface area (TPSA) is 63.1 Å². The maximum absolute atomic E-state index is 10.8. The number of aromatic carboxylic acids is 1. The Bertz CT molecular complexity index is 543. The number of rotatable bonds is 3. The lowest BCUT2D eigenvalue weighted by atomic mass is 10.1. The normalized spacial score (nSPS) is 10.2. The van der Waals surface area contributed by atoms with Crippen LogP contribution in [-0.4, -0.2) is 21.0 Å². The molecule has 0 saturated carbocycles. The van der Waals surface area contributed by atoms with Gasteiger partial charge in [-0.2, -0.15) is 0 Å². The van der Waals surface area contributed by atoms with Gasteiger partial charge in [0.05, 0.1) is 0 Å². The minimum Gasteiger partial charge on any atom is -0.477 e. The molecule has 0 unspecified atom stereocenters. The van der Waals surface area contributed by atoms with Crippen LogP contribution in [0, 0.1) is 0 Å². The Balaban J connectivity index is 2.30. The monoisotopic (exact) mass is 248 g/mol. The van der Waals surface area contributed by atoms with Gasteiger partial charge in [0.1, 0.15) is 11.0 Å². The van der Waals surface area contributed by atoms with Crippen LogP contribution in [0.1, 0.15) is 21.9 Å². The fraction of sp³-hybridized carbons (Fsp3) is 0.0833. The molecule has 0 fully saturated rings. The summed E-state index contributed by atoms with van der Waals surface area (Å²) in [6.07, 6.45) is 0.460. The number of carboxylic acids is 1. The largest absolute Gasteiger partial charge is 0.477 e. The maximum Gasteiger partial charge on any atom is 0.354 e. The first-order valence-electron chi connectivity index (χ1n) is 4.96. The van der Waals surface area contributed by atoms with Gasteiger partial charge in [0.2, 0.25) is 0 Å². The molecular formula is C12H9ClN2O2. The van der Waals surface area contributed by atoms with E-state index in [-0.39, 0.29) is 10.8 Å². The van der Waals surface area contributed by atoms with Crippen molar-refractivity contribution in [2.75, 3.05) is 0 Å². The molecule has 1 aromatic carbocycles. The van der Waals surface area contributed by atoms with Crippen molar-refractivity contribution in [1.82, 2.24) is 9.97 Å². The summed E-state index contributed by atoms with van der Waals surface area (Å²) >= 11 is 5.75. The van der Waals surface area contributed by atoms with Gasteiger partial charge in [-0.1, -0.05) is 41.9 Å². The summed E-state index contributed by atoms with van der Waals surface area (Å²) in [4.78, 5) is 18.7. The van der Waals surface area contributed by atoms with Crippen molar-refractivity contribution in [2.45, 2.75) is 6.42 Å². The summed E-state index contributed by atoms with van der Waals surface area (Å²) in [5, 5.41) is 8.99. The lowest BCUT2D eigenvalue weighted by molar-refractivity contribution is 0.0690. The van der Waals surface area contributed by atoms with Crippen LogP contribution >= 0.6 is 11.6 Å². The first kappa shape index (κ1) is 11.5. The molecule has 0 amide bonds. The Labute approximate surface area is 103 Å². The molecule has 0 spiro atoms. The molecule has 2 aromatic rings. The van der Waals surface area contributed by atoms with Crippen molar-refractivity contribution in [2.24, 2.45) is 0 Å². The van der Waals surface area contributed by atoms with E-state index >= 15 is 0 Å². The molecule has 17 heavy (non-hydrogen) atoms. The maximum atomic E-state index is 10.8. The highest BCUT2D eigenvalue weighted by molar-refractivity contribution is 6.29. The van der Waals surface area contributed by atoms with E-state index in [1.54, 1.807) is 0 Å². The molecule has 1 heterocycles. The Morgan fingerprint density at radius 1 is 1.24 bits per heavy atom. The summed E-state index contributed by atoms with van der Waals surface area (Å²) in [7, 11) is 0. The van der Waals surface area contributed by atoms with Gasteiger partial charge in [-0.15, -0.1) is 0 Å². The first-order chi connectivity index (χ1) is 8.15. The third-order valence-electron chi connectivity index (χ3n) is 2.17. The van der Waals surface area contributed by atoms with Crippen LogP contribution < -0.4 is 0 Å². The Morgan fingerprint density at radius 3 is 2.59 bits per heavy atom. The van der Waals surface area contributed by atoms with E-state index in [0.717, 1.165) is 5.56 Å². The zero-order chi connectivity index (χ0) is 12.3. The molecule has 0 atom stereocenters. The van der Waals surface area contributed by atoms with E-state index in [1.807, 2.05) is 30.3 Å². The van der Waals surface area contributed by atoms with Crippen LogP contribution in [0.5, 0.6) is 0 Å². The van der Waals surface area contributed by atoms with Gasteiger partial charge in [0.15, 0.2) is 5.69 Å². The highest BCUT2D eigenvalue weighted by Crippen LogP contribution is 2.11. The van der Waals surface area contributed by atoms with Crippen LogP contribution in [-0.2, 0) is 6.42 Å². The molecule has 1 aromatic heterocycles. The second-order valence-corrected chi connectivity index (χ2v) is 3.85. The molecule has 5 heteroatoms. The van der Waals surface area contributed by atoms with Crippen LogP contribution in [0.2, 0.25) is 5.15 Å². The quantitative estimate of drug-likeness (QED) is 0.848. The van der Waals surface area contributed by atoms with Gasteiger partial charge >= 0.3 is 5.97 Å². The fourth-order valence-corrected chi connectivity index (χ4v) is 1.63. The van der Waals surface area contributed by atoms with Crippen molar-refractivity contribution >= 4 is 17.6 Å². The smallest absolute Gasteiger partial charge is 0.354 e. The van der Waals surface area contributed by atoms with E-state index in [0.29, 0.717) is 12.2 Å².